The Bertz CT molecular complexity index is 397. The third-order valence-corrected chi connectivity index (χ3v) is 5.06. The molecule has 0 saturated heterocycles. The van der Waals surface area contributed by atoms with E-state index in [0.29, 0.717) is 6.42 Å². The highest BCUT2D eigenvalue weighted by molar-refractivity contribution is 5.68. The number of hydrogen-bond donors (Lipinski definition) is 4. The molecule has 0 bridgehead atoms. The molecule has 0 aliphatic rings. The van der Waals surface area contributed by atoms with Crippen LogP contribution in [0.25, 0.3) is 0 Å². The monoisotopic (exact) mass is 417 g/mol. The molecule has 0 heterocycles. The fourth-order valence-corrected chi connectivity index (χ4v) is 3.33. The van der Waals surface area contributed by atoms with Gasteiger partial charge in [-0.25, -0.2) is 4.79 Å². The Hall–Kier alpha value is -0.850. The lowest BCUT2D eigenvalue weighted by atomic mass is 9.99. The Balaban J connectivity index is 3.81. The number of carbonyl (C=O) groups excluding carboxylic acids is 1. The van der Waals surface area contributed by atoms with E-state index in [2.05, 4.69) is 12.2 Å². The van der Waals surface area contributed by atoms with Crippen LogP contribution in [0.2, 0.25) is 0 Å². The number of hydrogen-bond acceptors (Lipinski definition) is 5. The summed E-state index contributed by atoms with van der Waals surface area (Å²) in [6.45, 7) is 6.99. The van der Waals surface area contributed by atoms with E-state index in [4.69, 9.17) is 4.74 Å². The lowest BCUT2D eigenvalue weighted by Crippen LogP contribution is -2.51. The van der Waals surface area contributed by atoms with Crippen molar-refractivity contribution < 1.29 is 24.9 Å². The van der Waals surface area contributed by atoms with Gasteiger partial charge in [-0.15, -0.1) is 0 Å². The molecule has 0 fully saturated rings. The molecule has 0 aromatic carbocycles. The van der Waals surface area contributed by atoms with Gasteiger partial charge in [0.1, 0.15) is 11.7 Å². The molecular formula is C23H47NO5. The Morgan fingerprint density at radius 3 is 1.72 bits per heavy atom. The molecule has 0 radical (unpaired) electrons. The van der Waals surface area contributed by atoms with Gasteiger partial charge < -0.3 is 25.4 Å². The molecule has 0 aromatic heterocycles. The van der Waals surface area contributed by atoms with Crippen molar-refractivity contribution in [3.63, 3.8) is 0 Å². The van der Waals surface area contributed by atoms with E-state index in [-0.39, 0.29) is 0 Å². The van der Waals surface area contributed by atoms with Crippen LogP contribution < -0.4 is 5.32 Å². The first-order valence-corrected chi connectivity index (χ1v) is 11.7. The van der Waals surface area contributed by atoms with E-state index in [9.17, 15) is 20.1 Å². The first-order valence-electron chi connectivity index (χ1n) is 11.7. The number of ether oxygens (including phenoxy) is 1. The number of unbranched alkanes of at least 4 members (excludes halogenated alkanes) is 11. The van der Waals surface area contributed by atoms with Gasteiger partial charge in [0, 0.05) is 0 Å². The molecule has 0 aromatic rings. The maximum Gasteiger partial charge on any atom is 0.408 e. The van der Waals surface area contributed by atoms with Gasteiger partial charge in [-0.1, -0.05) is 84.0 Å². The van der Waals surface area contributed by atoms with Gasteiger partial charge in [0.25, 0.3) is 0 Å². The van der Waals surface area contributed by atoms with Crippen LogP contribution in [-0.4, -0.2) is 51.9 Å². The lowest BCUT2D eigenvalue weighted by Gasteiger charge is -2.28. The van der Waals surface area contributed by atoms with Crippen LogP contribution >= 0.6 is 0 Å². The SMILES string of the molecule is CCCCCCCCCCCCCC[C@@H](O)[C@@H](O)[C@@H](CO)NC(=O)OC(C)(C)C. The summed E-state index contributed by atoms with van der Waals surface area (Å²) in [6, 6.07) is -0.947. The molecule has 174 valence electrons. The van der Waals surface area contributed by atoms with Crippen molar-refractivity contribution in [3.05, 3.63) is 0 Å². The lowest BCUT2D eigenvalue weighted by molar-refractivity contribution is -0.0248. The zero-order valence-electron chi connectivity index (χ0n) is 19.3. The number of rotatable bonds is 17. The normalized spacial score (nSPS) is 15.0. The third kappa shape index (κ3) is 16.6. The first-order chi connectivity index (χ1) is 13.7. The van der Waals surface area contributed by atoms with Crippen molar-refractivity contribution in [2.24, 2.45) is 0 Å². The maximum atomic E-state index is 11.8. The Kier molecular flexibility index (Phi) is 16.4. The minimum Gasteiger partial charge on any atom is -0.444 e. The summed E-state index contributed by atoms with van der Waals surface area (Å²) in [7, 11) is 0. The highest BCUT2D eigenvalue weighted by Gasteiger charge is 2.28. The van der Waals surface area contributed by atoms with Gasteiger partial charge >= 0.3 is 6.09 Å². The Morgan fingerprint density at radius 2 is 1.31 bits per heavy atom. The highest BCUT2D eigenvalue weighted by Crippen LogP contribution is 2.15. The summed E-state index contributed by atoms with van der Waals surface area (Å²) in [5.41, 5.74) is -0.664. The largest absolute Gasteiger partial charge is 0.444 e. The fourth-order valence-electron chi connectivity index (χ4n) is 3.33. The van der Waals surface area contributed by atoms with E-state index in [1.165, 1.54) is 57.8 Å². The van der Waals surface area contributed by atoms with Crippen LogP contribution in [0, 0.1) is 0 Å². The molecule has 6 heteroatoms. The summed E-state index contributed by atoms with van der Waals surface area (Å²) in [5.74, 6) is 0. The molecule has 3 atom stereocenters. The molecular weight excluding hydrogens is 370 g/mol. The van der Waals surface area contributed by atoms with Gasteiger partial charge in [-0.2, -0.15) is 0 Å². The minimum absolute atomic E-state index is 0.449. The molecule has 4 N–H and O–H groups in total. The van der Waals surface area contributed by atoms with Crippen molar-refractivity contribution in [1.29, 1.82) is 0 Å². The average Bonchev–Trinajstić information content (AvgIpc) is 2.64. The van der Waals surface area contributed by atoms with E-state index in [1.54, 1.807) is 20.8 Å². The number of carbonyl (C=O) groups is 1. The molecule has 0 aliphatic heterocycles. The van der Waals surface area contributed by atoms with Crippen LogP contribution in [0.4, 0.5) is 4.79 Å². The van der Waals surface area contributed by atoms with Gasteiger partial charge in [0.05, 0.1) is 18.8 Å². The molecule has 0 unspecified atom stereocenters. The predicted molar refractivity (Wildman–Crippen MR) is 118 cm³/mol. The van der Waals surface area contributed by atoms with Crippen molar-refractivity contribution in [2.45, 2.75) is 135 Å². The van der Waals surface area contributed by atoms with Crippen molar-refractivity contribution in [1.82, 2.24) is 5.32 Å². The first kappa shape index (κ1) is 28.1. The van der Waals surface area contributed by atoms with E-state index >= 15 is 0 Å². The van der Waals surface area contributed by atoms with Crippen LogP contribution in [0.15, 0.2) is 0 Å². The summed E-state index contributed by atoms with van der Waals surface area (Å²) in [6.07, 6.45) is 12.4. The van der Waals surface area contributed by atoms with E-state index < -0.39 is 36.6 Å². The standard InChI is InChI=1S/C23H47NO5/c1-5-6-7-8-9-10-11-12-13-14-15-16-17-20(26)21(27)19(18-25)24-22(28)29-23(2,3)4/h19-21,25-27H,5-18H2,1-4H3,(H,24,28)/t19-,20-,21+/m1/s1. The summed E-state index contributed by atoms with van der Waals surface area (Å²) >= 11 is 0. The second kappa shape index (κ2) is 16.9. The molecule has 0 saturated carbocycles. The van der Waals surface area contributed by atoms with Crippen molar-refractivity contribution in [2.75, 3.05) is 6.61 Å². The molecule has 0 spiro atoms. The average molecular weight is 418 g/mol. The summed E-state index contributed by atoms with van der Waals surface area (Å²) < 4.78 is 5.12. The molecule has 0 rings (SSSR count). The minimum atomic E-state index is -1.22. The summed E-state index contributed by atoms with van der Waals surface area (Å²) in [5, 5.41) is 32.2. The molecule has 29 heavy (non-hydrogen) atoms. The molecule has 6 nitrogen and oxygen atoms in total. The number of alkyl carbamates (subject to hydrolysis) is 1. The third-order valence-electron chi connectivity index (χ3n) is 5.06. The fraction of sp³-hybridized carbons (Fsp3) is 0.957. The van der Waals surface area contributed by atoms with Crippen molar-refractivity contribution in [3.8, 4) is 0 Å². The second-order valence-corrected chi connectivity index (χ2v) is 9.17. The smallest absolute Gasteiger partial charge is 0.408 e. The highest BCUT2D eigenvalue weighted by atomic mass is 16.6. The predicted octanol–water partition coefficient (Wildman–Crippen LogP) is 4.69. The van der Waals surface area contributed by atoms with E-state index in [1.807, 2.05) is 0 Å². The quantitative estimate of drug-likeness (QED) is 0.257. The second-order valence-electron chi connectivity index (χ2n) is 9.17. The molecule has 1 amide bonds. The van der Waals surface area contributed by atoms with Crippen LogP contribution in [0.3, 0.4) is 0 Å². The topological polar surface area (TPSA) is 99.0 Å². The van der Waals surface area contributed by atoms with Gasteiger partial charge in [-0.3, -0.25) is 0 Å². The summed E-state index contributed by atoms with van der Waals surface area (Å²) in [4.78, 5) is 11.8. The number of aliphatic hydroxyl groups excluding tert-OH is 3. The van der Waals surface area contributed by atoms with Gasteiger partial charge in [0.15, 0.2) is 0 Å². The zero-order chi connectivity index (χ0) is 22.1. The number of aliphatic hydroxyl groups is 3. The van der Waals surface area contributed by atoms with Crippen LogP contribution in [0.1, 0.15) is 111 Å². The zero-order valence-corrected chi connectivity index (χ0v) is 19.3. The van der Waals surface area contributed by atoms with Gasteiger partial charge in [-0.05, 0) is 27.2 Å². The van der Waals surface area contributed by atoms with Crippen molar-refractivity contribution >= 4 is 6.09 Å². The molecule has 0 aliphatic carbocycles. The van der Waals surface area contributed by atoms with Crippen LogP contribution in [-0.2, 0) is 4.74 Å². The number of nitrogens with one attached hydrogen (secondary N) is 1. The van der Waals surface area contributed by atoms with Crippen LogP contribution in [0.5, 0.6) is 0 Å². The Morgan fingerprint density at radius 1 is 0.862 bits per heavy atom. The Labute approximate surface area is 178 Å². The maximum absolute atomic E-state index is 11.8. The number of amides is 1. The van der Waals surface area contributed by atoms with Gasteiger partial charge in [0.2, 0.25) is 0 Å². The van der Waals surface area contributed by atoms with E-state index in [0.717, 1.165) is 19.3 Å².